The molecule has 2 rings (SSSR count). The standard InChI is InChI=1S/C10H12N2O/c1-7-3-2-6-11-9(7)12-10(13)8-4-5-8/h2-3,6,8H,4-5H2,1H3,(H,11,12,13). The Morgan fingerprint density at radius 2 is 2.38 bits per heavy atom. The molecule has 1 aromatic heterocycles. The first kappa shape index (κ1) is 8.23. The summed E-state index contributed by atoms with van der Waals surface area (Å²) in [6.07, 6.45) is 3.74. The van der Waals surface area contributed by atoms with E-state index in [1.807, 2.05) is 19.1 Å². The molecule has 1 N–H and O–H groups in total. The molecule has 0 unspecified atom stereocenters. The van der Waals surface area contributed by atoms with Gasteiger partial charge in [0.1, 0.15) is 5.82 Å². The van der Waals surface area contributed by atoms with Gasteiger partial charge in [-0.2, -0.15) is 0 Å². The maximum absolute atomic E-state index is 11.4. The summed E-state index contributed by atoms with van der Waals surface area (Å²) in [6, 6.07) is 3.80. The number of amides is 1. The van der Waals surface area contributed by atoms with Gasteiger partial charge in [-0.3, -0.25) is 4.79 Å². The van der Waals surface area contributed by atoms with Crippen LogP contribution in [-0.4, -0.2) is 10.9 Å². The first-order valence-electron chi connectivity index (χ1n) is 4.50. The molecule has 0 spiro atoms. The van der Waals surface area contributed by atoms with E-state index >= 15 is 0 Å². The number of anilines is 1. The second-order valence-electron chi connectivity index (χ2n) is 3.43. The van der Waals surface area contributed by atoms with E-state index < -0.39 is 0 Å². The quantitative estimate of drug-likeness (QED) is 0.745. The average Bonchev–Trinajstić information content (AvgIpc) is 2.91. The van der Waals surface area contributed by atoms with Gasteiger partial charge in [-0.1, -0.05) is 6.07 Å². The van der Waals surface area contributed by atoms with Crippen LogP contribution in [0.15, 0.2) is 18.3 Å². The summed E-state index contributed by atoms with van der Waals surface area (Å²) in [7, 11) is 0. The summed E-state index contributed by atoms with van der Waals surface area (Å²) in [6.45, 7) is 1.94. The minimum Gasteiger partial charge on any atom is -0.310 e. The molecular formula is C10H12N2O. The Balaban J connectivity index is 2.08. The first-order chi connectivity index (χ1) is 6.27. The van der Waals surface area contributed by atoms with Gasteiger partial charge in [-0.05, 0) is 31.4 Å². The minimum absolute atomic E-state index is 0.113. The van der Waals surface area contributed by atoms with Crippen molar-refractivity contribution < 1.29 is 4.79 Å². The van der Waals surface area contributed by atoms with Gasteiger partial charge in [0, 0.05) is 12.1 Å². The van der Waals surface area contributed by atoms with Crippen LogP contribution in [0, 0.1) is 12.8 Å². The minimum atomic E-state index is 0.113. The summed E-state index contributed by atoms with van der Waals surface area (Å²) >= 11 is 0. The van der Waals surface area contributed by atoms with Gasteiger partial charge >= 0.3 is 0 Å². The molecule has 1 aliphatic rings. The van der Waals surface area contributed by atoms with Crippen LogP contribution >= 0.6 is 0 Å². The van der Waals surface area contributed by atoms with E-state index in [4.69, 9.17) is 0 Å². The number of hydrogen-bond donors (Lipinski definition) is 1. The number of hydrogen-bond acceptors (Lipinski definition) is 2. The number of rotatable bonds is 2. The zero-order chi connectivity index (χ0) is 9.26. The second kappa shape index (κ2) is 3.17. The summed E-state index contributed by atoms with van der Waals surface area (Å²) in [5, 5.41) is 2.82. The maximum Gasteiger partial charge on any atom is 0.228 e. The van der Waals surface area contributed by atoms with Gasteiger partial charge in [0.25, 0.3) is 0 Å². The molecule has 1 heterocycles. The van der Waals surface area contributed by atoms with E-state index in [0.717, 1.165) is 18.4 Å². The molecule has 0 bridgehead atoms. The lowest BCUT2D eigenvalue weighted by molar-refractivity contribution is -0.117. The smallest absolute Gasteiger partial charge is 0.228 e. The summed E-state index contributed by atoms with van der Waals surface area (Å²) in [5.41, 5.74) is 1.01. The molecule has 0 atom stereocenters. The van der Waals surface area contributed by atoms with Crippen LogP contribution in [0.4, 0.5) is 5.82 Å². The Hall–Kier alpha value is -1.38. The molecule has 3 heteroatoms. The second-order valence-corrected chi connectivity index (χ2v) is 3.43. The van der Waals surface area contributed by atoms with Gasteiger partial charge in [0.2, 0.25) is 5.91 Å². The Morgan fingerprint density at radius 3 is 3.00 bits per heavy atom. The predicted octanol–water partition coefficient (Wildman–Crippen LogP) is 1.74. The molecule has 0 saturated heterocycles. The van der Waals surface area contributed by atoms with Crippen LogP contribution in [-0.2, 0) is 4.79 Å². The Morgan fingerprint density at radius 1 is 1.62 bits per heavy atom. The van der Waals surface area contributed by atoms with E-state index in [1.165, 1.54) is 0 Å². The first-order valence-corrected chi connectivity index (χ1v) is 4.50. The van der Waals surface area contributed by atoms with E-state index in [2.05, 4.69) is 10.3 Å². The molecule has 1 aliphatic carbocycles. The topological polar surface area (TPSA) is 42.0 Å². The largest absolute Gasteiger partial charge is 0.310 e. The van der Waals surface area contributed by atoms with Gasteiger partial charge in [0.15, 0.2) is 0 Å². The molecule has 3 nitrogen and oxygen atoms in total. The van der Waals surface area contributed by atoms with Crippen molar-refractivity contribution in [2.24, 2.45) is 5.92 Å². The van der Waals surface area contributed by atoms with Crippen LogP contribution in [0.2, 0.25) is 0 Å². The third-order valence-electron chi connectivity index (χ3n) is 2.20. The zero-order valence-electron chi connectivity index (χ0n) is 7.58. The maximum atomic E-state index is 11.4. The molecular weight excluding hydrogens is 164 g/mol. The Bertz CT molecular complexity index is 331. The molecule has 0 aliphatic heterocycles. The number of nitrogens with one attached hydrogen (secondary N) is 1. The van der Waals surface area contributed by atoms with Crippen molar-refractivity contribution in [2.75, 3.05) is 5.32 Å². The van der Waals surface area contributed by atoms with Crippen LogP contribution in [0.25, 0.3) is 0 Å². The van der Waals surface area contributed by atoms with E-state index in [-0.39, 0.29) is 11.8 Å². The SMILES string of the molecule is Cc1cccnc1NC(=O)C1CC1. The lowest BCUT2D eigenvalue weighted by Gasteiger charge is -2.04. The third-order valence-corrected chi connectivity index (χ3v) is 2.20. The Labute approximate surface area is 77.2 Å². The number of carbonyl (C=O) groups excluding carboxylic acids is 1. The number of pyridine rings is 1. The van der Waals surface area contributed by atoms with E-state index in [1.54, 1.807) is 6.20 Å². The van der Waals surface area contributed by atoms with Gasteiger partial charge in [-0.15, -0.1) is 0 Å². The fraction of sp³-hybridized carbons (Fsp3) is 0.400. The monoisotopic (exact) mass is 176 g/mol. The fourth-order valence-corrected chi connectivity index (χ4v) is 1.18. The zero-order valence-corrected chi connectivity index (χ0v) is 7.58. The predicted molar refractivity (Wildman–Crippen MR) is 50.3 cm³/mol. The van der Waals surface area contributed by atoms with Crippen molar-refractivity contribution in [1.82, 2.24) is 4.98 Å². The van der Waals surface area contributed by atoms with Crippen molar-refractivity contribution in [3.8, 4) is 0 Å². The molecule has 1 amide bonds. The summed E-state index contributed by atoms with van der Waals surface area (Å²) < 4.78 is 0. The number of aryl methyl sites for hydroxylation is 1. The third kappa shape index (κ3) is 1.86. The highest BCUT2D eigenvalue weighted by atomic mass is 16.2. The van der Waals surface area contributed by atoms with Crippen molar-refractivity contribution in [3.63, 3.8) is 0 Å². The normalized spacial score (nSPS) is 15.5. The highest BCUT2D eigenvalue weighted by molar-refractivity contribution is 5.93. The fourth-order valence-electron chi connectivity index (χ4n) is 1.18. The average molecular weight is 176 g/mol. The molecule has 68 valence electrons. The van der Waals surface area contributed by atoms with Gasteiger partial charge in [0.05, 0.1) is 0 Å². The lowest BCUT2D eigenvalue weighted by Crippen LogP contribution is -2.15. The van der Waals surface area contributed by atoms with Crippen LogP contribution < -0.4 is 5.32 Å². The molecule has 1 aromatic rings. The summed E-state index contributed by atoms with van der Waals surface area (Å²) in [5.74, 6) is 1.04. The van der Waals surface area contributed by atoms with Crippen LogP contribution in [0.5, 0.6) is 0 Å². The van der Waals surface area contributed by atoms with Crippen molar-refractivity contribution in [1.29, 1.82) is 0 Å². The van der Waals surface area contributed by atoms with Gasteiger partial charge < -0.3 is 5.32 Å². The highest BCUT2D eigenvalue weighted by Crippen LogP contribution is 2.30. The van der Waals surface area contributed by atoms with Crippen LogP contribution in [0.3, 0.4) is 0 Å². The molecule has 0 radical (unpaired) electrons. The summed E-state index contributed by atoms with van der Waals surface area (Å²) in [4.78, 5) is 15.5. The molecule has 1 fully saturated rings. The molecule has 13 heavy (non-hydrogen) atoms. The molecule has 1 saturated carbocycles. The van der Waals surface area contributed by atoms with Gasteiger partial charge in [-0.25, -0.2) is 4.98 Å². The Kier molecular flexibility index (Phi) is 2.00. The molecule has 0 aromatic carbocycles. The number of carbonyl (C=O) groups is 1. The van der Waals surface area contributed by atoms with Crippen molar-refractivity contribution in [3.05, 3.63) is 23.9 Å². The van der Waals surface area contributed by atoms with E-state index in [0.29, 0.717) is 5.82 Å². The van der Waals surface area contributed by atoms with E-state index in [9.17, 15) is 4.79 Å². The van der Waals surface area contributed by atoms with Crippen molar-refractivity contribution >= 4 is 11.7 Å². The van der Waals surface area contributed by atoms with Crippen molar-refractivity contribution in [2.45, 2.75) is 19.8 Å². The van der Waals surface area contributed by atoms with Crippen LogP contribution in [0.1, 0.15) is 18.4 Å². The lowest BCUT2D eigenvalue weighted by atomic mass is 10.3. The highest BCUT2D eigenvalue weighted by Gasteiger charge is 2.29. The number of nitrogens with zero attached hydrogens (tertiary/aromatic N) is 1. The number of aromatic nitrogens is 1.